The highest BCUT2D eigenvalue weighted by Crippen LogP contribution is 2.27. The summed E-state index contributed by atoms with van der Waals surface area (Å²) >= 11 is 0. The van der Waals surface area contributed by atoms with Crippen LogP contribution in [-0.4, -0.2) is 66.9 Å². The monoisotopic (exact) mass is 327 g/mol. The number of benzene rings is 1. The molecule has 0 radical (unpaired) electrons. The van der Waals surface area contributed by atoms with Crippen molar-refractivity contribution in [2.75, 3.05) is 31.6 Å². The zero-order valence-corrected chi connectivity index (χ0v) is 12.8. The van der Waals surface area contributed by atoms with Crippen LogP contribution in [0, 0.1) is 0 Å². The van der Waals surface area contributed by atoms with Crippen LogP contribution < -0.4 is 5.73 Å². The molecule has 8 nitrogen and oxygen atoms in total. The predicted molar refractivity (Wildman–Crippen MR) is 79.8 cm³/mol. The van der Waals surface area contributed by atoms with Crippen molar-refractivity contribution < 1.29 is 23.1 Å². The Bertz CT molecular complexity index is 704. The second-order valence-electron chi connectivity index (χ2n) is 5.07. The Morgan fingerprint density at radius 3 is 2.68 bits per heavy atom. The fourth-order valence-electron chi connectivity index (χ4n) is 2.34. The summed E-state index contributed by atoms with van der Waals surface area (Å²) in [6, 6.07) is 3.46. The highest BCUT2D eigenvalue weighted by Gasteiger charge is 2.35. The number of phenols is 1. The Kier molecular flexibility index (Phi) is 4.38. The Hall–Kier alpha value is -2.13. The highest BCUT2D eigenvalue weighted by molar-refractivity contribution is 7.88. The number of nitrogen functional groups attached to an aromatic ring is 1. The van der Waals surface area contributed by atoms with Crippen molar-refractivity contribution in [2.24, 2.45) is 0 Å². The zero-order chi connectivity index (χ0) is 16.5. The van der Waals surface area contributed by atoms with Crippen molar-refractivity contribution in [1.82, 2.24) is 9.21 Å². The number of carbonyl (C=O) groups is 2. The normalized spacial score (nSPS) is 19.9. The van der Waals surface area contributed by atoms with Gasteiger partial charge >= 0.3 is 0 Å². The number of amides is 1. The van der Waals surface area contributed by atoms with E-state index in [1.165, 1.54) is 23.1 Å². The maximum atomic E-state index is 12.5. The molecule has 0 aliphatic carbocycles. The van der Waals surface area contributed by atoms with Gasteiger partial charge in [-0.25, -0.2) is 8.42 Å². The molecule has 1 saturated heterocycles. The van der Waals surface area contributed by atoms with E-state index in [1.807, 2.05) is 0 Å². The third-order valence-electron chi connectivity index (χ3n) is 3.57. The van der Waals surface area contributed by atoms with Crippen LogP contribution >= 0.6 is 0 Å². The molecule has 1 atom stereocenters. The lowest BCUT2D eigenvalue weighted by molar-refractivity contribution is -0.112. The van der Waals surface area contributed by atoms with Crippen LogP contribution in [-0.2, 0) is 14.8 Å². The van der Waals surface area contributed by atoms with Gasteiger partial charge in [0.15, 0.2) is 5.75 Å². The first kappa shape index (κ1) is 16.2. The summed E-state index contributed by atoms with van der Waals surface area (Å²) in [7, 11) is -3.43. The summed E-state index contributed by atoms with van der Waals surface area (Å²) in [5, 5.41) is 9.87. The Labute approximate surface area is 128 Å². The van der Waals surface area contributed by atoms with Gasteiger partial charge in [-0.15, -0.1) is 0 Å². The molecule has 3 N–H and O–H groups in total. The molecule has 0 bridgehead atoms. The number of phenolic OH excluding ortho intramolecular Hbond substituents is 1. The van der Waals surface area contributed by atoms with E-state index < -0.39 is 22.0 Å². The molecular weight excluding hydrogens is 310 g/mol. The third-order valence-corrected chi connectivity index (χ3v) is 4.84. The number of nitrogens with zero attached hydrogens (tertiary/aromatic N) is 2. The van der Waals surface area contributed by atoms with Crippen molar-refractivity contribution in [3.63, 3.8) is 0 Å². The first-order chi connectivity index (χ1) is 10.3. The third kappa shape index (κ3) is 3.04. The van der Waals surface area contributed by atoms with Crippen LogP contribution in [0.25, 0.3) is 0 Å². The van der Waals surface area contributed by atoms with Gasteiger partial charge in [0, 0.05) is 19.6 Å². The van der Waals surface area contributed by atoms with Gasteiger partial charge in [-0.05, 0) is 12.1 Å². The summed E-state index contributed by atoms with van der Waals surface area (Å²) in [4.78, 5) is 24.9. The van der Waals surface area contributed by atoms with Gasteiger partial charge in [0.25, 0.3) is 5.91 Å². The van der Waals surface area contributed by atoms with E-state index in [4.69, 9.17) is 5.73 Å². The molecule has 0 aromatic heterocycles. The number of piperazine rings is 1. The van der Waals surface area contributed by atoms with Crippen molar-refractivity contribution in [3.8, 4) is 5.75 Å². The number of aromatic hydroxyl groups is 1. The van der Waals surface area contributed by atoms with Crippen molar-refractivity contribution in [1.29, 1.82) is 0 Å². The molecule has 9 heteroatoms. The SMILES string of the molecule is CS(=O)(=O)N1CCN(C(=O)c2cccc(N)c2O)C(C=O)C1. The van der Waals surface area contributed by atoms with E-state index in [1.54, 1.807) is 0 Å². The molecule has 2 rings (SSSR count). The van der Waals surface area contributed by atoms with Crippen molar-refractivity contribution in [2.45, 2.75) is 6.04 Å². The lowest BCUT2D eigenvalue weighted by Gasteiger charge is -2.37. The van der Waals surface area contributed by atoms with E-state index >= 15 is 0 Å². The van der Waals surface area contributed by atoms with E-state index in [9.17, 15) is 23.1 Å². The number of sulfonamides is 1. The molecule has 1 aliphatic heterocycles. The van der Waals surface area contributed by atoms with Gasteiger partial charge in [0.05, 0.1) is 17.5 Å². The fraction of sp³-hybridized carbons (Fsp3) is 0.385. The van der Waals surface area contributed by atoms with E-state index in [-0.39, 0.29) is 36.6 Å². The standard InChI is InChI=1S/C13H17N3O5S/c1-22(20,21)15-5-6-16(9(7-15)8-17)13(19)10-3-2-4-11(14)12(10)18/h2-4,8-9,18H,5-7,14H2,1H3. The molecule has 1 unspecified atom stereocenters. The number of rotatable bonds is 3. The molecular formula is C13H17N3O5S. The topological polar surface area (TPSA) is 121 Å². The second-order valence-corrected chi connectivity index (χ2v) is 7.05. The zero-order valence-electron chi connectivity index (χ0n) is 12.0. The Morgan fingerprint density at radius 2 is 2.09 bits per heavy atom. The number of hydrogen-bond donors (Lipinski definition) is 2. The number of hydrogen-bond acceptors (Lipinski definition) is 6. The molecule has 120 valence electrons. The average Bonchev–Trinajstić information content (AvgIpc) is 2.47. The van der Waals surface area contributed by atoms with Crippen LogP contribution in [0.4, 0.5) is 5.69 Å². The van der Waals surface area contributed by atoms with Crippen LogP contribution in [0.2, 0.25) is 0 Å². The molecule has 1 aromatic rings. The quantitative estimate of drug-likeness (QED) is 0.428. The van der Waals surface area contributed by atoms with E-state index in [0.29, 0.717) is 6.29 Å². The maximum absolute atomic E-state index is 12.5. The molecule has 1 amide bonds. The van der Waals surface area contributed by atoms with Crippen LogP contribution in [0.3, 0.4) is 0 Å². The Morgan fingerprint density at radius 1 is 1.41 bits per heavy atom. The van der Waals surface area contributed by atoms with E-state index in [2.05, 4.69) is 0 Å². The highest BCUT2D eigenvalue weighted by atomic mass is 32.2. The average molecular weight is 327 g/mol. The molecule has 22 heavy (non-hydrogen) atoms. The van der Waals surface area contributed by atoms with Crippen LogP contribution in [0.1, 0.15) is 10.4 Å². The predicted octanol–water partition coefficient (Wildman–Crippen LogP) is -0.741. The van der Waals surface area contributed by atoms with Gasteiger partial charge in [0.2, 0.25) is 10.0 Å². The largest absolute Gasteiger partial charge is 0.505 e. The van der Waals surface area contributed by atoms with Gasteiger partial charge in [-0.2, -0.15) is 4.31 Å². The number of aldehydes is 1. The van der Waals surface area contributed by atoms with Gasteiger partial charge < -0.3 is 20.5 Å². The number of nitrogens with two attached hydrogens (primary N) is 1. The first-order valence-electron chi connectivity index (χ1n) is 6.54. The lowest BCUT2D eigenvalue weighted by atomic mass is 10.1. The lowest BCUT2D eigenvalue weighted by Crippen LogP contribution is -2.57. The molecule has 0 spiro atoms. The summed E-state index contributed by atoms with van der Waals surface area (Å²) < 4.78 is 24.2. The van der Waals surface area contributed by atoms with Crippen LogP contribution in [0.5, 0.6) is 5.75 Å². The van der Waals surface area contributed by atoms with Crippen molar-refractivity contribution in [3.05, 3.63) is 23.8 Å². The summed E-state index contributed by atoms with van der Waals surface area (Å²) in [5.74, 6) is -0.905. The minimum absolute atomic E-state index is 0.0142. The minimum Gasteiger partial charge on any atom is -0.505 e. The molecule has 1 aliphatic rings. The Balaban J connectivity index is 2.27. The number of para-hydroxylation sites is 1. The van der Waals surface area contributed by atoms with Gasteiger partial charge in [-0.1, -0.05) is 6.07 Å². The van der Waals surface area contributed by atoms with Crippen molar-refractivity contribution >= 4 is 27.9 Å². The molecule has 0 saturated carbocycles. The maximum Gasteiger partial charge on any atom is 0.258 e. The molecule has 1 heterocycles. The van der Waals surface area contributed by atoms with E-state index in [0.717, 1.165) is 10.6 Å². The van der Waals surface area contributed by atoms with Crippen LogP contribution in [0.15, 0.2) is 18.2 Å². The fourth-order valence-corrected chi connectivity index (χ4v) is 3.18. The first-order valence-corrected chi connectivity index (χ1v) is 8.39. The smallest absolute Gasteiger partial charge is 0.258 e. The minimum atomic E-state index is -3.43. The summed E-state index contributed by atoms with van der Waals surface area (Å²) in [6.07, 6.45) is 1.58. The van der Waals surface area contributed by atoms with Gasteiger partial charge in [-0.3, -0.25) is 4.79 Å². The number of anilines is 1. The molecule has 1 fully saturated rings. The number of carbonyl (C=O) groups excluding carboxylic acids is 2. The molecule has 1 aromatic carbocycles. The summed E-state index contributed by atoms with van der Waals surface area (Å²) in [5.41, 5.74) is 5.60. The van der Waals surface area contributed by atoms with Gasteiger partial charge in [0.1, 0.15) is 12.3 Å². The summed E-state index contributed by atoms with van der Waals surface area (Å²) in [6.45, 7) is 0.0543. The second kappa shape index (κ2) is 5.93.